The van der Waals surface area contributed by atoms with Crippen LogP contribution in [0.25, 0.3) is 11.3 Å². The molecule has 3 aromatic rings. The minimum absolute atomic E-state index is 0.101. The van der Waals surface area contributed by atoms with Crippen molar-refractivity contribution in [1.29, 1.82) is 0 Å². The van der Waals surface area contributed by atoms with Crippen LogP contribution in [0.4, 0.5) is 0 Å². The number of carbonyl (C=O) groups is 1. The Bertz CT molecular complexity index is 762. The third kappa shape index (κ3) is 3.98. The van der Waals surface area contributed by atoms with Crippen LogP contribution in [0.1, 0.15) is 10.6 Å². The maximum atomic E-state index is 11.7. The molecule has 0 aliphatic carbocycles. The van der Waals surface area contributed by atoms with Gasteiger partial charge in [-0.1, -0.05) is 11.2 Å². The van der Waals surface area contributed by atoms with Crippen molar-refractivity contribution in [3.8, 4) is 17.1 Å². The highest BCUT2D eigenvalue weighted by molar-refractivity contribution is 7.10. The van der Waals surface area contributed by atoms with Crippen molar-refractivity contribution in [3.05, 3.63) is 58.4 Å². The van der Waals surface area contributed by atoms with Gasteiger partial charge < -0.3 is 14.0 Å². The zero-order chi connectivity index (χ0) is 16.1. The zero-order valence-corrected chi connectivity index (χ0v) is 13.3. The van der Waals surface area contributed by atoms with Gasteiger partial charge in [0.25, 0.3) is 0 Å². The lowest BCUT2D eigenvalue weighted by Crippen LogP contribution is -2.07. The summed E-state index contributed by atoms with van der Waals surface area (Å²) in [4.78, 5) is 12.7. The molecule has 0 aliphatic heterocycles. The Morgan fingerprint density at radius 3 is 2.78 bits per heavy atom. The molecule has 0 spiro atoms. The van der Waals surface area contributed by atoms with Crippen molar-refractivity contribution in [2.45, 2.75) is 13.0 Å². The molecule has 0 saturated carbocycles. The molecule has 0 fully saturated rings. The Balaban J connectivity index is 1.57. The molecule has 0 bridgehead atoms. The third-order valence-electron chi connectivity index (χ3n) is 3.21. The molecule has 3 rings (SSSR count). The predicted molar refractivity (Wildman–Crippen MR) is 86.3 cm³/mol. The van der Waals surface area contributed by atoms with Gasteiger partial charge in [-0.2, -0.15) is 0 Å². The summed E-state index contributed by atoms with van der Waals surface area (Å²) >= 11 is 1.53. The molecule has 6 heteroatoms. The second kappa shape index (κ2) is 7.11. The van der Waals surface area contributed by atoms with Gasteiger partial charge in [0.05, 0.1) is 13.5 Å². The molecule has 2 heterocycles. The smallest absolute Gasteiger partial charge is 0.311 e. The Kier molecular flexibility index (Phi) is 4.73. The number of rotatable bonds is 6. The van der Waals surface area contributed by atoms with Gasteiger partial charge in [0, 0.05) is 16.5 Å². The fraction of sp³-hybridized carbons (Fsp3) is 0.176. The minimum Gasteiger partial charge on any atom is -0.497 e. The summed E-state index contributed by atoms with van der Waals surface area (Å²) in [6.07, 6.45) is 0.279. The van der Waals surface area contributed by atoms with Crippen molar-refractivity contribution in [3.63, 3.8) is 0 Å². The first-order chi connectivity index (χ1) is 11.2. The van der Waals surface area contributed by atoms with Gasteiger partial charge in [0.2, 0.25) is 0 Å². The molecule has 0 N–H and O–H groups in total. The number of ether oxygens (including phenoxy) is 2. The van der Waals surface area contributed by atoms with Crippen molar-refractivity contribution >= 4 is 17.3 Å². The number of benzene rings is 1. The average molecular weight is 329 g/mol. The average Bonchev–Trinajstić information content (AvgIpc) is 3.25. The highest BCUT2D eigenvalue weighted by Gasteiger charge is 2.10. The molecule has 1 aromatic carbocycles. The summed E-state index contributed by atoms with van der Waals surface area (Å²) in [6, 6.07) is 13.0. The molecule has 118 valence electrons. The number of thiophene rings is 1. The molecule has 0 aliphatic rings. The Labute approximate surface area is 137 Å². The van der Waals surface area contributed by atoms with Crippen molar-refractivity contribution < 1.29 is 18.8 Å². The van der Waals surface area contributed by atoms with Crippen LogP contribution in [0, 0.1) is 0 Å². The molecule has 0 unspecified atom stereocenters. The van der Waals surface area contributed by atoms with Crippen LogP contribution in [-0.2, 0) is 22.6 Å². The van der Waals surface area contributed by atoms with Crippen LogP contribution in [0.2, 0.25) is 0 Å². The summed E-state index contributed by atoms with van der Waals surface area (Å²) in [6.45, 7) is 0.101. The number of esters is 1. The fourth-order valence-electron chi connectivity index (χ4n) is 2.03. The van der Waals surface area contributed by atoms with Crippen LogP contribution in [0.15, 0.2) is 52.4 Å². The maximum absolute atomic E-state index is 11.7. The monoisotopic (exact) mass is 329 g/mol. The molecule has 0 amide bonds. The minimum atomic E-state index is -0.276. The van der Waals surface area contributed by atoms with Gasteiger partial charge in [-0.05, 0) is 35.7 Å². The highest BCUT2D eigenvalue weighted by Crippen LogP contribution is 2.23. The van der Waals surface area contributed by atoms with E-state index in [0.29, 0.717) is 11.5 Å². The largest absolute Gasteiger partial charge is 0.497 e. The Hall–Kier alpha value is -2.60. The van der Waals surface area contributed by atoms with E-state index in [1.807, 2.05) is 41.8 Å². The molecule has 23 heavy (non-hydrogen) atoms. The molecular formula is C17H15NO4S. The van der Waals surface area contributed by atoms with Crippen molar-refractivity contribution in [2.75, 3.05) is 7.11 Å². The first kappa shape index (κ1) is 15.3. The van der Waals surface area contributed by atoms with E-state index < -0.39 is 0 Å². The van der Waals surface area contributed by atoms with Gasteiger partial charge in [-0.25, -0.2) is 0 Å². The second-order valence-corrected chi connectivity index (χ2v) is 5.86. The number of methoxy groups -OCH3 is 1. The second-order valence-electron chi connectivity index (χ2n) is 4.83. The van der Waals surface area contributed by atoms with Crippen molar-refractivity contribution in [2.24, 2.45) is 0 Å². The summed E-state index contributed by atoms with van der Waals surface area (Å²) in [5.41, 5.74) is 1.46. The van der Waals surface area contributed by atoms with Gasteiger partial charge in [0.1, 0.15) is 18.1 Å². The Morgan fingerprint density at radius 2 is 2.09 bits per heavy atom. The lowest BCUT2D eigenvalue weighted by atomic mass is 10.1. The number of carbonyl (C=O) groups excluding carboxylic acids is 1. The van der Waals surface area contributed by atoms with Gasteiger partial charge in [-0.15, -0.1) is 11.3 Å². The standard InChI is InChI=1S/C17H15NO4S/c1-20-14-6-4-12(5-7-14)16-9-13(18-22-16)11-21-17(19)10-15-3-2-8-23-15/h2-9H,10-11H2,1H3. The number of aromatic nitrogens is 1. The van der Waals surface area contributed by atoms with Crippen LogP contribution < -0.4 is 4.74 Å². The lowest BCUT2D eigenvalue weighted by Gasteiger charge is -2.00. The third-order valence-corrected chi connectivity index (χ3v) is 4.09. The van der Waals surface area contributed by atoms with E-state index in [0.717, 1.165) is 16.2 Å². The van der Waals surface area contributed by atoms with E-state index in [1.54, 1.807) is 13.2 Å². The predicted octanol–water partition coefficient (Wildman–Crippen LogP) is 3.70. The van der Waals surface area contributed by atoms with E-state index in [1.165, 1.54) is 11.3 Å². The van der Waals surface area contributed by atoms with Gasteiger partial charge >= 0.3 is 5.97 Å². The van der Waals surface area contributed by atoms with Crippen LogP contribution in [0.5, 0.6) is 5.75 Å². The SMILES string of the molecule is COc1ccc(-c2cc(COC(=O)Cc3cccs3)no2)cc1. The van der Waals surface area contributed by atoms with Crippen LogP contribution >= 0.6 is 11.3 Å². The van der Waals surface area contributed by atoms with Crippen molar-refractivity contribution in [1.82, 2.24) is 5.16 Å². The topological polar surface area (TPSA) is 61.6 Å². The zero-order valence-electron chi connectivity index (χ0n) is 12.5. The number of hydrogen-bond donors (Lipinski definition) is 0. The number of hydrogen-bond acceptors (Lipinski definition) is 6. The highest BCUT2D eigenvalue weighted by atomic mass is 32.1. The van der Waals surface area contributed by atoms with E-state index in [9.17, 15) is 4.79 Å². The molecule has 0 saturated heterocycles. The summed E-state index contributed by atoms with van der Waals surface area (Å²) in [5.74, 6) is 1.12. The molecule has 0 radical (unpaired) electrons. The van der Waals surface area contributed by atoms with Crippen LogP contribution in [-0.4, -0.2) is 18.2 Å². The molecule has 2 aromatic heterocycles. The fourth-order valence-corrected chi connectivity index (χ4v) is 2.72. The van der Waals surface area contributed by atoms with Crippen LogP contribution in [0.3, 0.4) is 0 Å². The Morgan fingerprint density at radius 1 is 1.26 bits per heavy atom. The van der Waals surface area contributed by atoms with E-state index in [-0.39, 0.29) is 19.0 Å². The summed E-state index contributed by atoms with van der Waals surface area (Å²) < 4.78 is 15.6. The quantitative estimate of drug-likeness (QED) is 0.645. The molecule has 0 atom stereocenters. The first-order valence-corrected chi connectivity index (χ1v) is 7.90. The van der Waals surface area contributed by atoms with E-state index in [4.69, 9.17) is 14.0 Å². The molecular weight excluding hydrogens is 314 g/mol. The first-order valence-electron chi connectivity index (χ1n) is 7.02. The summed E-state index contributed by atoms with van der Waals surface area (Å²) in [5, 5.41) is 5.86. The summed E-state index contributed by atoms with van der Waals surface area (Å²) in [7, 11) is 1.62. The normalized spacial score (nSPS) is 10.5. The van der Waals surface area contributed by atoms with E-state index >= 15 is 0 Å². The molecule has 5 nitrogen and oxygen atoms in total. The number of nitrogens with zero attached hydrogens (tertiary/aromatic N) is 1. The van der Waals surface area contributed by atoms with E-state index in [2.05, 4.69) is 5.16 Å². The lowest BCUT2D eigenvalue weighted by molar-refractivity contribution is -0.144. The van der Waals surface area contributed by atoms with Gasteiger partial charge in [0.15, 0.2) is 5.76 Å². The maximum Gasteiger partial charge on any atom is 0.311 e. The van der Waals surface area contributed by atoms with Gasteiger partial charge in [-0.3, -0.25) is 4.79 Å².